The first-order chi connectivity index (χ1) is 5.61. The first-order valence-corrected chi connectivity index (χ1v) is 4.73. The van der Waals surface area contributed by atoms with E-state index in [1.54, 1.807) is 6.92 Å². The summed E-state index contributed by atoms with van der Waals surface area (Å²) in [4.78, 5) is 11.0. The molecule has 0 bridgehead atoms. The molecule has 2 atom stereocenters. The van der Waals surface area contributed by atoms with Crippen LogP contribution in [0, 0.1) is 11.8 Å². The fourth-order valence-corrected chi connectivity index (χ4v) is 1.62. The van der Waals surface area contributed by atoms with Gasteiger partial charge in [-0.2, -0.15) is 0 Å². The number of carbonyl (C=O) groups is 1. The van der Waals surface area contributed by atoms with Crippen LogP contribution in [0.3, 0.4) is 0 Å². The molecular weight excluding hydrogens is 152 g/mol. The first-order valence-electron chi connectivity index (χ1n) is 4.73. The van der Waals surface area contributed by atoms with Crippen molar-refractivity contribution in [1.29, 1.82) is 0 Å². The van der Waals surface area contributed by atoms with Gasteiger partial charge < -0.3 is 4.74 Å². The summed E-state index contributed by atoms with van der Waals surface area (Å²) in [5, 5.41) is 0. The molecule has 1 rings (SSSR count). The van der Waals surface area contributed by atoms with E-state index < -0.39 is 0 Å². The van der Waals surface area contributed by atoms with Crippen molar-refractivity contribution >= 4 is 5.78 Å². The minimum atomic E-state index is -0.111. The summed E-state index contributed by atoms with van der Waals surface area (Å²) >= 11 is 0. The highest BCUT2D eigenvalue weighted by molar-refractivity contribution is 5.80. The Labute approximate surface area is 74.3 Å². The molecule has 2 nitrogen and oxygen atoms in total. The first kappa shape index (κ1) is 9.72. The highest BCUT2D eigenvalue weighted by Gasteiger charge is 2.25. The van der Waals surface area contributed by atoms with Crippen LogP contribution < -0.4 is 0 Å². The monoisotopic (exact) mass is 170 g/mol. The Morgan fingerprint density at radius 1 is 1.42 bits per heavy atom. The van der Waals surface area contributed by atoms with Gasteiger partial charge in [0.25, 0.3) is 0 Å². The van der Waals surface area contributed by atoms with Gasteiger partial charge in [-0.3, -0.25) is 4.79 Å². The highest BCUT2D eigenvalue weighted by Crippen LogP contribution is 2.25. The van der Waals surface area contributed by atoms with E-state index in [4.69, 9.17) is 4.74 Å². The fraction of sp³-hybridized carbons (Fsp3) is 0.900. The van der Waals surface area contributed by atoms with Crippen LogP contribution in [-0.4, -0.2) is 18.5 Å². The normalized spacial score (nSPS) is 30.7. The van der Waals surface area contributed by atoms with Gasteiger partial charge in [-0.05, 0) is 31.6 Å². The molecule has 0 spiro atoms. The third kappa shape index (κ3) is 2.31. The van der Waals surface area contributed by atoms with E-state index in [1.807, 2.05) is 0 Å². The molecule has 1 saturated heterocycles. The summed E-state index contributed by atoms with van der Waals surface area (Å²) < 4.78 is 5.46. The van der Waals surface area contributed by atoms with Gasteiger partial charge in [-0.25, -0.2) is 0 Å². The number of rotatable bonds is 2. The van der Waals surface area contributed by atoms with Crippen molar-refractivity contribution in [3.05, 3.63) is 0 Å². The zero-order valence-electron chi connectivity index (χ0n) is 8.17. The van der Waals surface area contributed by atoms with E-state index in [2.05, 4.69) is 13.8 Å². The maximum absolute atomic E-state index is 11.0. The molecule has 0 radical (unpaired) electrons. The van der Waals surface area contributed by atoms with E-state index in [0.717, 1.165) is 19.4 Å². The second-order valence-corrected chi connectivity index (χ2v) is 4.01. The summed E-state index contributed by atoms with van der Waals surface area (Å²) in [6.07, 6.45) is 1.94. The predicted molar refractivity (Wildman–Crippen MR) is 48.0 cm³/mol. The van der Waals surface area contributed by atoms with Gasteiger partial charge in [0, 0.05) is 0 Å². The van der Waals surface area contributed by atoms with Crippen LogP contribution in [0.4, 0.5) is 0 Å². The molecule has 1 heterocycles. The number of ether oxygens (including phenoxy) is 1. The molecule has 12 heavy (non-hydrogen) atoms. The van der Waals surface area contributed by atoms with Crippen LogP contribution in [0.25, 0.3) is 0 Å². The maximum Gasteiger partial charge on any atom is 0.158 e. The quantitative estimate of drug-likeness (QED) is 0.633. The summed E-state index contributed by atoms with van der Waals surface area (Å²) in [7, 11) is 0. The molecule has 1 fully saturated rings. The zero-order chi connectivity index (χ0) is 9.14. The maximum atomic E-state index is 11.0. The molecule has 1 aliphatic rings. The molecule has 70 valence electrons. The highest BCUT2D eigenvalue weighted by atomic mass is 16.5. The SMILES string of the molecule is CC(=O)[C@H]1CCC(C(C)C)CO1. The second kappa shape index (κ2) is 4.04. The Kier molecular flexibility index (Phi) is 3.27. The second-order valence-electron chi connectivity index (χ2n) is 4.01. The van der Waals surface area contributed by atoms with Gasteiger partial charge in [0.2, 0.25) is 0 Å². The largest absolute Gasteiger partial charge is 0.370 e. The van der Waals surface area contributed by atoms with Gasteiger partial charge in [0.15, 0.2) is 5.78 Å². The van der Waals surface area contributed by atoms with Crippen molar-refractivity contribution in [2.45, 2.75) is 39.7 Å². The Morgan fingerprint density at radius 3 is 2.42 bits per heavy atom. The van der Waals surface area contributed by atoms with E-state index >= 15 is 0 Å². The topological polar surface area (TPSA) is 26.3 Å². The molecule has 1 unspecified atom stereocenters. The predicted octanol–water partition coefficient (Wildman–Crippen LogP) is 2.03. The average Bonchev–Trinajstić information content (AvgIpc) is 2.04. The van der Waals surface area contributed by atoms with Crippen molar-refractivity contribution in [1.82, 2.24) is 0 Å². The van der Waals surface area contributed by atoms with Crippen LogP contribution in [0.15, 0.2) is 0 Å². The van der Waals surface area contributed by atoms with E-state index in [1.165, 1.54) is 0 Å². The van der Waals surface area contributed by atoms with Crippen LogP contribution in [0.1, 0.15) is 33.6 Å². The van der Waals surface area contributed by atoms with Gasteiger partial charge in [-0.15, -0.1) is 0 Å². The van der Waals surface area contributed by atoms with Crippen LogP contribution in [-0.2, 0) is 9.53 Å². The fourth-order valence-electron chi connectivity index (χ4n) is 1.62. The number of Topliss-reactive ketones (excluding diaryl/α,β-unsaturated/α-hetero) is 1. The summed E-state index contributed by atoms with van der Waals surface area (Å²) in [5.74, 6) is 1.51. The third-order valence-corrected chi connectivity index (χ3v) is 2.71. The molecule has 0 N–H and O–H groups in total. The lowest BCUT2D eigenvalue weighted by atomic mass is 9.88. The molecular formula is C10H18O2. The Balaban J connectivity index is 2.34. The lowest BCUT2D eigenvalue weighted by Gasteiger charge is -2.29. The van der Waals surface area contributed by atoms with Gasteiger partial charge >= 0.3 is 0 Å². The van der Waals surface area contributed by atoms with Crippen molar-refractivity contribution in [3.63, 3.8) is 0 Å². The number of ketones is 1. The summed E-state index contributed by atoms with van der Waals surface area (Å²) in [5.41, 5.74) is 0. The summed E-state index contributed by atoms with van der Waals surface area (Å²) in [6.45, 7) is 6.80. The Bertz CT molecular complexity index is 155. The van der Waals surface area contributed by atoms with Gasteiger partial charge in [-0.1, -0.05) is 13.8 Å². The molecule has 2 heteroatoms. The molecule has 0 aliphatic carbocycles. The molecule has 0 aromatic rings. The van der Waals surface area contributed by atoms with Crippen molar-refractivity contribution < 1.29 is 9.53 Å². The average molecular weight is 170 g/mol. The van der Waals surface area contributed by atoms with Crippen molar-refractivity contribution in [2.24, 2.45) is 11.8 Å². The lowest BCUT2D eigenvalue weighted by Crippen LogP contribution is -2.32. The van der Waals surface area contributed by atoms with Gasteiger partial charge in [0.1, 0.15) is 6.10 Å². The summed E-state index contributed by atoms with van der Waals surface area (Å²) in [6, 6.07) is 0. The molecule has 0 aromatic heterocycles. The van der Waals surface area contributed by atoms with E-state index in [-0.39, 0.29) is 11.9 Å². The third-order valence-electron chi connectivity index (χ3n) is 2.71. The van der Waals surface area contributed by atoms with Crippen molar-refractivity contribution in [2.75, 3.05) is 6.61 Å². The zero-order valence-corrected chi connectivity index (χ0v) is 8.17. The molecule has 0 saturated carbocycles. The molecule has 0 aromatic carbocycles. The minimum Gasteiger partial charge on any atom is -0.370 e. The smallest absolute Gasteiger partial charge is 0.158 e. The number of carbonyl (C=O) groups excluding carboxylic acids is 1. The van der Waals surface area contributed by atoms with Crippen LogP contribution in [0.2, 0.25) is 0 Å². The van der Waals surface area contributed by atoms with Crippen molar-refractivity contribution in [3.8, 4) is 0 Å². The molecule has 1 aliphatic heterocycles. The minimum absolute atomic E-state index is 0.111. The number of hydrogen-bond acceptors (Lipinski definition) is 2. The van der Waals surface area contributed by atoms with Crippen LogP contribution in [0.5, 0.6) is 0 Å². The van der Waals surface area contributed by atoms with Gasteiger partial charge in [0.05, 0.1) is 6.61 Å². The van der Waals surface area contributed by atoms with E-state index in [0.29, 0.717) is 11.8 Å². The standard InChI is InChI=1S/C10H18O2/c1-7(2)9-4-5-10(8(3)11)12-6-9/h7,9-10H,4-6H2,1-3H3/t9?,10-/m1/s1. The Morgan fingerprint density at radius 2 is 2.08 bits per heavy atom. The molecule has 0 amide bonds. The van der Waals surface area contributed by atoms with Crippen LogP contribution >= 0.6 is 0 Å². The number of hydrogen-bond donors (Lipinski definition) is 0. The Hall–Kier alpha value is -0.370. The van der Waals surface area contributed by atoms with E-state index in [9.17, 15) is 4.79 Å². The lowest BCUT2D eigenvalue weighted by molar-refractivity contribution is -0.133.